The van der Waals surface area contributed by atoms with Crippen molar-refractivity contribution < 1.29 is 14.4 Å². The van der Waals surface area contributed by atoms with Gasteiger partial charge in [0.15, 0.2) is 0 Å². The van der Waals surface area contributed by atoms with Gasteiger partial charge in [0, 0.05) is 10.6 Å². The first-order chi connectivity index (χ1) is 9.47. The minimum Gasteiger partial charge on any atom is -0.480 e. The maximum atomic E-state index is 11.1. The van der Waals surface area contributed by atoms with Crippen LogP contribution in [0, 0.1) is 5.92 Å². The van der Waals surface area contributed by atoms with E-state index in [1.54, 1.807) is 38.1 Å². The Labute approximate surface area is 120 Å². The van der Waals surface area contributed by atoms with E-state index in [2.05, 4.69) is 15.5 Å². The van der Waals surface area contributed by atoms with Crippen LogP contribution in [-0.2, 0) is 4.79 Å². The Morgan fingerprint density at radius 3 is 2.80 bits per heavy atom. The Balaban J connectivity index is 2.19. The summed E-state index contributed by atoms with van der Waals surface area (Å²) in [5.74, 6) is -0.737. The third-order valence-corrected chi connectivity index (χ3v) is 2.96. The highest BCUT2D eigenvalue weighted by Gasteiger charge is 2.23. The number of rotatable bonds is 5. The summed E-state index contributed by atoms with van der Waals surface area (Å²) in [6, 6.07) is 6.28. The second-order valence-electron chi connectivity index (χ2n) is 4.64. The summed E-state index contributed by atoms with van der Waals surface area (Å²) in [6.45, 7) is 3.58. The maximum Gasteiger partial charge on any atom is 0.326 e. The third-order valence-electron chi connectivity index (χ3n) is 2.72. The molecule has 0 bridgehead atoms. The van der Waals surface area contributed by atoms with E-state index in [9.17, 15) is 4.79 Å². The average Bonchev–Trinajstić information content (AvgIpc) is 2.83. The Morgan fingerprint density at radius 2 is 2.20 bits per heavy atom. The van der Waals surface area contributed by atoms with Crippen molar-refractivity contribution >= 4 is 23.6 Å². The second-order valence-corrected chi connectivity index (χ2v) is 5.07. The van der Waals surface area contributed by atoms with Crippen molar-refractivity contribution in [1.29, 1.82) is 0 Å². The number of hydrogen-bond donors (Lipinski definition) is 2. The zero-order chi connectivity index (χ0) is 14.7. The average molecular weight is 296 g/mol. The number of aromatic nitrogens is 2. The molecule has 0 fully saturated rings. The molecule has 0 unspecified atom stereocenters. The molecular formula is C13H14ClN3O3. The summed E-state index contributed by atoms with van der Waals surface area (Å²) in [4.78, 5) is 15.2. The predicted octanol–water partition coefficient (Wildman–Crippen LogP) is 2.91. The first-order valence-electron chi connectivity index (χ1n) is 6.06. The molecule has 1 aromatic heterocycles. The molecule has 0 saturated heterocycles. The Kier molecular flexibility index (Phi) is 4.24. The van der Waals surface area contributed by atoms with Crippen LogP contribution in [0.3, 0.4) is 0 Å². The van der Waals surface area contributed by atoms with Crippen molar-refractivity contribution in [2.24, 2.45) is 5.92 Å². The number of carbonyl (C=O) groups is 1. The number of carboxylic acids is 1. The smallest absolute Gasteiger partial charge is 0.326 e. The first-order valence-corrected chi connectivity index (χ1v) is 6.44. The summed E-state index contributed by atoms with van der Waals surface area (Å²) in [6.07, 6.45) is 0. The van der Waals surface area contributed by atoms with E-state index in [0.717, 1.165) is 0 Å². The van der Waals surface area contributed by atoms with Crippen LogP contribution >= 0.6 is 11.6 Å². The molecule has 1 atom stereocenters. The molecule has 0 radical (unpaired) electrons. The van der Waals surface area contributed by atoms with E-state index < -0.39 is 12.0 Å². The van der Waals surface area contributed by atoms with E-state index in [1.807, 2.05) is 0 Å². The van der Waals surface area contributed by atoms with Gasteiger partial charge in [-0.25, -0.2) is 4.79 Å². The van der Waals surface area contributed by atoms with Gasteiger partial charge in [-0.05, 0) is 18.1 Å². The van der Waals surface area contributed by atoms with Crippen molar-refractivity contribution in [3.8, 4) is 11.4 Å². The topological polar surface area (TPSA) is 88.3 Å². The second kappa shape index (κ2) is 5.92. The molecule has 2 aromatic rings. The summed E-state index contributed by atoms with van der Waals surface area (Å²) < 4.78 is 5.01. The van der Waals surface area contributed by atoms with Gasteiger partial charge in [0.05, 0.1) is 0 Å². The Morgan fingerprint density at radius 1 is 1.45 bits per heavy atom. The number of aliphatic carboxylic acids is 1. The summed E-state index contributed by atoms with van der Waals surface area (Å²) in [5.41, 5.74) is 0.700. The maximum absolute atomic E-state index is 11.1. The van der Waals surface area contributed by atoms with Crippen LogP contribution in [0.25, 0.3) is 11.4 Å². The third kappa shape index (κ3) is 3.27. The molecule has 0 amide bonds. The van der Waals surface area contributed by atoms with Gasteiger partial charge in [-0.15, -0.1) is 0 Å². The molecule has 0 saturated carbocycles. The molecule has 2 N–H and O–H groups in total. The lowest BCUT2D eigenvalue weighted by Gasteiger charge is -2.15. The molecule has 6 nitrogen and oxygen atoms in total. The molecule has 0 aliphatic rings. The number of hydrogen-bond acceptors (Lipinski definition) is 5. The number of benzene rings is 1. The summed E-state index contributed by atoms with van der Waals surface area (Å²) >= 11 is 5.89. The molecule has 106 valence electrons. The number of carboxylic acid groups (broad SMARTS) is 1. The molecule has 2 rings (SSSR count). The van der Waals surface area contributed by atoms with E-state index in [4.69, 9.17) is 21.2 Å². The van der Waals surface area contributed by atoms with Gasteiger partial charge in [-0.3, -0.25) is 0 Å². The number of anilines is 1. The minimum absolute atomic E-state index is 0.0704. The lowest BCUT2D eigenvalue weighted by Crippen LogP contribution is -2.34. The van der Waals surface area contributed by atoms with Crippen LogP contribution in [0.4, 0.5) is 6.01 Å². The lowest BCUT2D eigenvalue weighted by atomic mass is 10.1. The van der Waals surface area contributed by atoms with Crippen molar-refractivity contribution in [2.45, 2.75) is 19.9 Å². The fraction of sp³-hybridized carbons (Fsp3) is 0.308. The zero-order valence-electron chi connectivity index (χ0n) is 11.0. The van der Waals surface area contributed by atoms with Crippen molar-refractivity contribution in [3.05, 3.63) is 29.3 Å². The molecule has 0 aliphatic heterocycles. The molecule has 7 heteroatoms. The fourth-order valence-electron chi connectivity index (χ4n) is 1.67. The Hall–Kier alpha value is -2.08. The quantitative estimate of drug-likeness (QED) is 0.881. The number of halogens is 1. The van der Waals surface area contributed by atoms with Gasteiger partial charge in [0.1, 0.15) is 6.04 Å². The highest BCUT2D eigenvalue weighted by molar-refractivity contribution is 6.30. The zero-order valence-corrected chi connectivity index (χ0v) is 11.8. The highest BCUT2D eigenvalue weighted by atomic mass is 35.5. The summed E-state index contributed by atoms with van der Waals surface area (Å²) in [5, 5.41) is 16.2. The van der Waals surface area contributed by atoms with E-state index in [1.165, 1.54) is 0 Å². The largest absolute Gasteiger partial charge is 0.480 e. The molecule has 20 heavy (non-hydrogen) atoms. The van der Waals surface area contributed by atoms with Gasteiger partial charge >= 0.3 is 12.0 Å². The van der Waals surface area contributed by atoms with Crippen LogP contribution in [0.5, 0.6) is 0 Å². The van der Waals surface area contributed by atoms with E-state index in [-0.39, 0.29) is 11.9 Å². The SMILES string of the molecule is CC(C)[C@@H](Nc1nc(-c2cccc(Cl)c2)no1)C(=O)O. The van der Waals surface area contributed by atoms with Crippen molar-refractivity contribution in [3.63, 3.8) is 0 Å². The van der Waals surface area contributed by atoms with Crippen molar-refractivity contribution in [1.82, 2.24) is 10.1 Å². The number of nitrogens with one attached hydrogen (secondary N) is 1. The monoisotopic (exact) mass is 295 g/mol. The van der Waals surface area contributed by atoms with Crippen LogP contribution in [0.15, 0.2) is 28.8 Å². The summed E-state index contributed by atoms with van der Waals surface area (Å²) in [7, 11) is 0. The molecule has 0 spiro atoms. The minimum atomic E-state index is -0.970. The highest BCUT2D eigenvalue weighted by Crippen LogP contribution is 2.21. The van der Waals surface area contributed by atoms with Gasteiger partial charge in [-0.2, -0.15) is 4.98 Å². The van der Waals surface area contributed by atoms with Crippen LogP contribution in [0.2, 0.25) is 5.02 Å². The van der Waals surface area contributed by atoms with Gasteiger partial charge in [0.25, 0.3) is 0 Å². The molecule has 0 aliphatic carbocycles. The van der Waals surface area contributed by atoms with E-state index >= 15 is 0 Å². The van der Waals surface area contributed by atoms with Gasteiger partial charge in [0.2, 0.25) is 5.82 Å². The van der Waals surface area contributed by atoms with Crippen LogP contribution in [0.1, 0.15) is 13.8 Å². The predicted molar refractivity (Wildman–Crippen MR) is 74.6 cm³/mol. The lowest BCUT2D eigenvalue weighted by molar-refractivity contribution is -0.138. The standard InChI is InChI=1S/C13H14ClN3O3/c1-7(2)10(12(18)19)15-13-16-11(17-20-13)8-4-3-5-9(14)6-8/h3-7,10H,1-2H3,(H,18,19)(H,15,16,17)/t10-/m1/s1. The number of nitrogens with zero attached hydrogens (tertiary/aromatic N) is 2. The van der Waals surface area contributed by atoms with Crippen LogP contribution < -0.4 is 5.32 Å². The van der Waals surface area contributed by atoms with Crippen molar-refractivity contribution in [2.75, 3.05) is 5.32 Å². The van der Waals surface area contributed by atoms with E-state index in [0.29, 0.717) is 16.4 Å². The Bertz CT molecular complexity index is 612. The molecular weight excluding hydrogens is 282 g/mol. The molecule has 1 heterocycles. The van der Waals surface area contributed by atoms with Gasteiger partial charge in [-0.1, -0.05) is 42.7 Å². The normalized spacial score (nSPS) is 12.4. The molecule has 1 aromatic carbocycles. The first kappa shape index (κ1) is 14.3. The van der Waals surface area contributed by atoms with Gasteiger partial charge < -0.3 is 14.9 Å². The fourth-order valence-corrected chi connectivity index (χ4v) is 1.86. The van der Waals surface area contributed by atoms with Crippen LogP contribution in [-0.4, -0.2) is 27.3 Å².